The van der Waals surface area contributed by atoms with Crippen LogP contribution in [0.5, 0.6) is 0 Å². The molecular weight excluding hydrogens is 258 g/mol. The maximum Gasteiger partial charge on any atom is 0.205 e. The van der Waals surface area contributed by atoms with Gasteiger partial charge < -0.3 is 4.90 Å². The van der Waals surface area contributed by atoms with E-state index in [4.69, 9.17) is 0 Å². The highest BCUT2D eigenvalue weighted by atomic mass is 32.2. The SMILES string of the molecule is Cc1nsc(N2CCCCC2CS(C)(=O)=O)n1. The van der Waals surface area contributed by atoms with Gasteiger partial charge in [0, 0.05) is 30.4 Å². The summed E-state index contributed by atoms with van der Waals surface area (Å²) >= 11 is 1.36. The number of piperidine rings is 1. The zero-order valence-electron chi connectivity index (χ0n) is 10.1. The molecule has 96 valence electrons. The molecule has 2 heterocycles. The van der Waals surface area contributed by atoms with E-state index < -0.39 is 9.84 Å². The first-order valence-corrected chi connectivity index (χ1v) is 8.54. The standard InChI is InChI=1S/C10H17N3O2S2/c1-8-11-10(16-12-8)13-6-4-3-5-9(13)7-17(2,14)15/h9H,3-7H2,1-2H3. The van der Waals surface area contributed by atoms with Crippen LogP contribution in [0.2, 0.25) is 0 Å². The summed E-state index contributed by atoms with van der Waals surface area (Å²) in [6.45, 7) is 2.74. The maximum atomic E-state index is 11.4. The van der Waals surface area contributed by atoms with Crippen LogP contribution in [-0.2, 0) is 9.84 Å². The number of sulfone groups is 1. The molecule has 0 bridgehead atoms. The van der Waals surface area contributed by atoms with Crippen molar-refractivity contribution in [2.75, 3.05) is 23.5 Å². The fraction of sp³-hybridized carbons (Fsp3) is 0.800. The highest BCUT2D eigenvalue weighted by molar-refractivity contribution is 7.90. The molecule has 0 aromatic carbocycles. The van der Waals surface area contributed by atoms with Gasteiger partial charge in [-0.2, -0.15) is 4.37 Å². The first-order valence-electron chi connectivity index (χ1n) is 5.70. The van der Waals surface area contributed by atoms with Gasteiger partial charge in [-0.15, -0.1) is 0 Å². The van der Waals surface area contributed by atoms with Crippen LogP contribution in [0.15, 0.2) is 0 Å². The summed E-state index contributed by atoms with van der Waals surface area (Å²) < 4.78 is 27.0. The molecule has 1 aliphatic rings. The van der Waals surface area contributed by atoms with Crippen molar-refractivity contribution in [3.63, 3.8) is 0 Å². The Morgan fingerprint density at radius 3 is 2.82 bits per heavy atom. The number of hydrogen-bond acceptors (Lipinski definition) is 6. The third kappa shape index (κ3) is 3.38. The van der Waals surface area contributed by atoms with Crippen molar-refractivity contribution < 1.29 is 8.42 Å². The molecule has 0 N–H and O–H groups in total. The normalized spacial score (nSPS) is 21.8. The van der Waals surface area contributed by atoms with Gasteiger partial charge >= 0.3 is 0 Å². The van der Waals surface area contributed by atoms with Gasteiger partial charge in [-0.25, -0.2) is 13.4 Å². The second-order valence-electron chi connectivity index (χ2n) is 4.56. The van der Waals surface area contributed by atoms with Crippen LogP contribution < -0.4 is 4.90 Å². The van der Waals surface area contributed by atoms with Gasteiger partial charge in [0.25, 0.3) is 0 Å². The quantitative estimate of drug-likeness (QED) is 0.830. The van der Waals surface area contributed by atoms with E-state index in [0.717, 1.165) is 36.8 Å². The Hall–Kier alpha value is -0.690. The largest absolute Gasteiger partial charge is 0.343 e. The van der Waals surface area contributed by atoms with Gasteiger partial charge in [0.1, 0.15) is 15.7 Å². The first-order chi connectivity index (χ1) is 7.96. The number of aromatic nitrogens is 2. The van der Waals surface area contributed by atoms with Crippen LogP contribution >= 0.6 is 11.5 Å². The Kier molecular flexibility index (Phi) is 3.67. The van der Waals surface area contributed by atoms with Crippen molar-refractivity contribution in [3.8, 4) is 0 Å². The molecule has 0 saturated carbocycles. The van der Waals surface area contributed by atoms with Crippen LogP contribution in [0.1, 0.15) is 25.1 Å². The van der Waals surface area contributed by atoms with Crippen LogP contribution in [-0.4, -0.2) is 42.4 Å². The summed E-state index contributed by atoms with van der Waals surface area (Å²) in [7, 11) is -2.94. The summed E-state index contributed by atoms with van der Waals surface area (Å²) in [5.41, 5.74) is 0. The van der Waals surface area contributed by atoms with Crippen molar-refractivity contribution >= 4 is 26.5 Å². The van der Waals surface area contributed by atoms with Crippen molar-refractivity contribution in [1.82, 2.24) is 9.36 Å². The molecule has 0 radical (unpaired) electrons. The molecule has 1 aromatic heterocycles. The molecule has 1 unspecified atom stereocenters. The van der Waals surface area contributed by atoms with Gasteiger partial charge in [0.15, 0.2) is 0 Å². The molecule has 1 aromatic rings. The fourth-order valence-corrected chi connectivity index (χ4v) is 4.00. The lowest BCUT2D eigenvalue weighted by Crippen LogP contribution is -2.43. The van der Waals surface area contributed by atoms with E-state index in [1.165, 1.54) is 17.8 Å². The molecule has 1 fully saturated rings. The van der Waals surface area contributed by atoms with Gasteiger partial charge in [0.2, 0.25) is 5.13 Å². The van der Waals surface area contributed by atoms with E-state index in [1.807, 2.05) is 6.92 Å². The fourth-order valence-electron chi connectivity index (χ4n) is 2.18. The Bertz CT molecular complexity index is 483. The zero-order valence-corrected chi connectivity index (χ0v) is 11.7. The average molecular weight is 275 g/mol. The van der Waals surface area contributed by atoms with Gasteiger partial charge in [-0.1, -0.05) is 0 Å². The molecule has 0 aliphatic carbocycles. The predicted molar refractivity (Wildman–Crippen MR) is 69.3 cm³/mol. The minimum absolute atomic E-state index is 0.0612. The molecule has 1 saturated heterocycles. The van der Waals surface area contributed by atoms with Crippen molar-refractivity contribution in [3.05, 3.63) is 5.82 Å². The van der Waals surface area contributed by atoms with E-state index in [2.05, 4.69) is 14.3 Å². The molecule has 7 heteroatoms. The van der Waals surface area contributed by atoms with Gasteiger partial charge in [0.05, 0.1) is 5.75 Å². The second-order valence-corrected chi connectivity index (χ2v) is 7.47. The van der Waals surface area contributed by atoms with E-state index in [-0.39, 0.29) is 11.8 Å². The molecule has 0 spiro atoms. The average Bonchev–Trinajstić information content (AvgIpc) is 2.63. The second kappa shape index (κ2) is 4.89. The van der Waals surface area contributed by atoms with Crippen molar-refractivity contribution in [2.24, 2.45) is 0 Å². The third-order valence-electron chi connectivity index (χ3n) is 2.88. The number of aryl methyl sites for hydroxylation is 1. The number of nitrogens with zero attached hydrogens (tertiary/aromatic N) is 3. The Morgan fingerprint density at radius 1 is 1.47 bits per heavy atom. The van der Waals surface area contributed by atoms with Gasteiger partial charge in [-0.05, 0) is 26.2 Å². The number of hydrogen-bond donors (Lipinski definition) is 0. The molecule has 1 atom stereocenters. The Balaban J connectivity index is 2.17. The first kappa shape index (κ1) is 12.8. The lowest BCUT2D eigenvalue weighted by Gasteiger charge is -2.34. The molecule has 17 heavy (non-hydrogen) atoms. The summed E-state index contributed by atoms with van der Waals surface area (Å²) in [6.07, 6.45) is 4.41. The maximum absolute atomic E-state index is 11.4. The molecule has 0 amide bonds. The highest BCUT2D eigenvalue weighted by Crippen LogP contribution is 2.26. The lowest BCUT2D eigenvalue weighted by atomic mass is 10.0. The summed E-state index contributed by atoms with van der Waals surface area (Å²) in [5.74, 6) is 0.972. The minimum atomic E-state index is -2.94. The lowest BCUT2D eigenvalue weighted by molar-refractivity contribution is 0.480. The molecular formula is C10H17N3O2S2. The van der Waals surface area contributed by atoms with E-state index >= 15 is 0 Å². The predicted octanol–water partition coefficient (Wildman–Crippen LogP) is 1.25. The summed E-state index contributed by atoms with van der Waals surface area (Å²) in [6, 6.07) is 0.0612. The molecule has 2 rings (SSSR count). The summed E-state index contributed by atoms with van der Waals surface area (Å²) in [5, 5.41) is 0.857. The zero-order chi connectivity index (χ0) is 12.5. The third-order valence-corrected chi connectivity index (χ3v) is 4.72. The van der Waals surface area contributed by atoms with Crippen LogP contribution in [0.4, 0.5) is 5.13 Å². The number of rotatable bonds is 3. The van der Waals surface area contributed by atoms with Crippen LogP contribution in [0, 0.1) is 6.92 Å². The van der Waals surface area contributed by atoms with E-state index in [1.54, 1.807) is 0 Å². The Labute approximate surface area is 106 Å². The number of anilines is 1. The smallest absolute Gasteiger partial charge is 0.205 e. The Morgan fingerprint density at radius 2 is 2.24 bits per heavy atom. The molecule has 1 aliphatic heterocycles. The van der Waals surface area contributed by atoms with Gasteiger partial charge in [-0.3, -0.25) is 0 Å². The van der Waals surface area contributed by atoms with Crippen LogP contribution in [0.3, 0.4) is 0 Å². The minimum Gasteiger partial charge on any atom is -0.343 e. The van der Waals surface area contributed by atoms with E-state index in [0.29, 0.717) is 0 Å². The van der Waals surface area contributed by atoms with E-state index in [9.17, 15) is 8.42 Å². The van der Waals surface area contributed by atoms with Crippen molar-refractivity contribution in [2.45, 2.75) is 32.2 Å². The monoisotopic (exact) mass is 275 g/mol. The summed E-state index contributed by atoms with van der Waals surface area (Å²) in [4.78, 5) is 6.46. The topological polar surface area (TPSA) is 63.2 Å². The molecule has 5 nitrogen and oxygen atoms in total. The van der Waals surface area contributed by atoms with Crippen molar-refractivity contribution in [1.29, 1.82) is 0 Å². The van der Waals surface area contributed by atoms with Crippen LogP contribution in [0.25, 0.3) is 0 Å². The highest BCUT2D eigenvalue weighted by Gasteiger charge is 2.27.